The summed E-state index contributed by atoms with van der Waals surface area (Å²) in [4.78, 5) is 25.5. The number of benzene rings is 1. The van der Waals surface area contributed by atoms with Crippen LogP contribution in [-0.4, -0.2) is 33.4 Å². The topological polar surface area (TPSA) is 58.1 Å². The Morgan fingerprint density at radius 1 is 1.32 bits per heavy atom. The second kappa shape index (κ2) is 6.81. The summed E-state index contributed by atoms with van der Waals surface area (Å²) in [5.74, 6) is 1.18. The summed E-state index contributed by atoms with van der Waals surface area (Å²) in [5.41, 5.74) is 1.48. The number of hydrogen-bond donors (Lipinski definition) is 1. The Hall–Kier alpha value is -2.54. The van der Waals surface area contributed by atoms with Gasteiger partial charge in [-0.3, -0.25) is 4.79 Å². The van der Waals surface area contributed by atoms with Gasteiger partial charge in [-0.15, -0.1) is 11.3 Å². The number of nitrogens with zero attached hydrogens (tertiary/aromatic N) is 3. The zero-order valence-corrected chi connectivity index (χ0v) is 16.4. The van der Waals surface area contributed by atoms with E-state index in [-0.39, 0.29) is 11.7 Å². The molecular weight excluding hydrogens is 375 g/mol. The number of amides is 1. The summed E-state index contributed by atoms with van der Waals surface area (Å²) in [6, 6.07) is 7.08. The van der Waals surface area contributed by atoms with Crippen LogP contribution >= 0.6 is 11.3 Å². The van der Waals surface area contributed by atoms with Crippen molar-refractivity contribution in [3.05, 3.63) is 52.4 Å². The predicted octanol–water partition coefficient (Wildman–Crippen LogP) is 4.38. The average Bonchev–Trinajstić information content (AvgIpc) is 3.42. The highest BCUT2D eigenvalue weighted by Gasteiger charge is 2.41. The highest BCUT2D eigenvalue weighted by Crippen LogP contribution is 2.40. The fraction of sp³-hybridized carbons (Fsp3) is 0.381. The predicted molar refractivity (Wildman–Crippen MR) is 108 cm³/mol. The van der Waals surface area contributed by atoms with Gasteiger partial charge in [-0.1, -0.05) is 18.2 Å². The first-order valence-corrected chi connectivity index (χ1v) is 10.5. The standard InChI is InChI=1S/C21H21FN4OS/c1-12-17-19(23-9-14-4-2-3-5-16(14)22)24-11-25-20(17)28-18(12)21(27)26-10-13-6-7-15(26)8-13/h2-5,11,13,15H,6-10H2,1H3,(H,23,24,25)/t13-,15+/m1/s1. The molecule has 1 aliphatic heterocycles. The average molecular weight is 396 g/mol. The Bertz CT molecular complexity index is 1070. The van der Waals surface area contributed by atoms with Gasteiger partial charge >= 0.3 is 0 Å². The van der Waals surface area contributed by atoms with Crippen LogP contribution in [0.15, 0.2) is 30.6 Å². The number of rotatable bonds is 4. The van der Waals surface area contributed by atoms with Crippen LogP contribution in [0.25, 0.3) is 10.2 Å². The molecule has 1 saturated heterocycles. The van der Waals surface area contributed by atoms with Gasteiger partial charge in [-0.2, -0.15) is 0 Å². The van der Waals surface area contributed by atoms with Crippen LogP contribution in [0.5, 0.6) is 0 Å². The van der Waals surface area contributed by atoms with E-state index in [9.17, 15) is 9.18 Å². The maximum atomic E-state index is 13.9. The molecule has 1 N–H and O–H groups in total. The lowest BCUT2D eigenvalue weighted by molar-refractivity contribution is 0.0708. The largest absolute Gasteiger partial charge is 0.365 e. The van der Waals surface area contributed by atoms with E-state index in [0.717, 1.165) is 40.0 Å². The molecule has 0 radical (unpaired) electrons. The molecule has 2 fully saturated rings. The van der Waals surface area contributed by atoms with Gasteiger partial charge in [0.1, 0.15) is 22.8 Å². The summed E-state index contributed by atoms with van der Waals surface area (Å²) in [7, 11) is 0. The molecule has 1 aromatic carbocycles. The molecule has 7 heteroatoms. The smallest absolute Gasteiger partial charge is 0.264 e. The molecule has 2 atom stereocenters. The number of likely N-dealkylation sites (tertiary alicyclic amines) is 1. The minimum atomic E-state index is -0.248. The minimum Gasteiger partial charge on any atom is -0.365 e. The summed E-state index contributed by atoms with van der Waals surface area (Å²) in [6.07, 6.45) is 5.00. The Morgan fingerprint density at radius 2 is 2.18 bits per heavy atom. The SMILES string of the molecule is Cc1c(C(=O)N2C[C@@H]3CC[C@H]2C3)sc2ncnc(NCc3ccccc3F)c12. The van der Waals surface area contributed by atoms with Gasteiger partial charge in [0.25, 0.3) is 5.91 Å². The number of thiophene rings is 1. The molecule has 2 aliphatic rings. The van der Waals surface area contributed by atoms with E-state index >= 15 is 0 Å². The monoisotopic (exact) mass is 396 g/mol. The molecule has 2 aromatic heterocycles. The molecule has 3 heterocycles. The van der Waals surface area contributed by atoms with Crippen LogP contribution < -0.4 is 5.32 Å². The van der Waals surface area contributed by atoms with E-state index in [1.165, 1.54) is 30.2 Å². The van der Waals surface area contributed by atoms with Crippen LogP contribution in [0.2, 0.25) is 0 Å². The number of aryl methyl sites for hydroxylation is 1. The maximum absolute atomic E-state index is 13.9. The van der Waals surface area contributed by atoms with Gasteiger partial charge < -0.3 is 10.2 Å². The van der Waals surface area contributed by atoms with Crippen LogP contribution in [-0.2, 0) is 6.54 Å². The number of carbonyl (C=O) groups is 1. The van der Waals surface area contributed by atoms with Gasteiger partial charge in [0.15, 0.2) is 0 Å². The van der Waals surface area contributed by atoms with Crippen LogP contribution in [0.4, 0.5) is 10.2 Å². The lowest BCUT2D eigenvalue weighted by atomic mass is 10.1. The van der Waals surface area contributed by atoms with E-state index < -0.39 is 0 Å². The fourth-order valence-corrected chi connectivity index (χ4v) is 5.64. The molecule has 1 saturated carbocycles. The molecule has 0 unspecified atom stereocenters. The molecule has 1 aliphatic carbocycles. The summed E-state index contributed by atoms with van der Waals surface area (Å²) in [6.45, 7) is 3.16. The van der Waals surface area contributed by atoms with Crippen molar-refractivity contribution in [3.63, 3.8) is 0 Å². The zero-order valence-electron chi connectivity index (χ0n) is 15.6. The molecule has 5 nitrogen and oxygen atoms in total. The van der Waals surface area contributed by atoms with E-state index in [4.69, 9.17) is 0 Å². The highest BCUT2D eigenvalue weighted by molar-refractivity contribution is 7.20. The number of aromatic nitrogens is 2. The van der Waals surface area contributed by atoms with Crippen molar-refractivity contribution >= 4 is 33.3 Å². The number of hydrogen-bond acceptors (Lipinski definition) is 5. The van der Waals surface area contributed by atoms with Crippen molar-refractivity contribution in [1.29, 1.82) is 0 Å². The molecule has 5 rings (SSSR count). The summed E-state index contributed by atoms with van der Waals surface area (Å²) < 4.78 is 13.9. The van der Waals surface area contributed by atoms with Crippen LogP contribution in [0.1, 0.15) is 40.1 Å². The third-order valence-electron chi connectivity index (χ3n) is 6.00. The summed E-state index contributed by atoms with van der Waals surface area (Å²) in [5, 5.41) is 4.08. The Kier molecular flexibility index (Phi) is 4.27. The highest BCUT2D eigenvalue weighted by atomic mass is 32.1. The second-order valence-corrected chi connectivity index (χ2v) is 8.69. The lowest BCUT2D eigenvalue weighted by Gasteiger charge is -2.26. The normalized spacial score (nSPS) is 20.9. The van der Waals surface area contributed by atoms with Crippen molar-refractivity contribution in [1.82, 2.24) is 14.9 Å². The Morgan fingerprint density at radius 3 is 2.93 bits per heavy atom. The van der Waals surface area contributed by atoms with Gasteiger partial charge in [0.05, 0.1) is 10.3 Å². The molecule has 3 aromatic rings. The maximum Gasteiger partial charge on any atom is 0.264 e. The van der Waals surface area contributed by atoms with Gasteiger partial charge in [-0.25, -0.2) is 14.4 Å². The van der Waals surface area contributed by atoms with Crippen molar-refractivity contribution < 1.29 is 9.18 Å². The van der Waals surface area contributed by atoms with E-state index in [1.54, 1.807) is 12.1 Å². The molecule has 28 heavy (non-hydrogen) atoms. The number of nitrogens with one attached hydrogen (secondary N) is 1. The van der Waals surface area contributed by atoms with Gasteiger partial charge in [-0.05, 0) is 43.7 Å². The third kappa shape index (κ3) is 2.85. The Balaban J connectivity index is 1.45. The van der Waals surface area contributed by atoms with Crippen molar-refractivity contribution in [2.45, 2.75) is 38.8 Å². The number of anilines is 1. The second-order valence-electron chi connectivity index (χ2n) is 7.69. The third-order valence-corrected chi connectivity index (χ3v) is 7.18. The minimum absolute atomic E-state index is 0.118. The lowest BCUT2D eigenvalue weighted by Crippen LogP contribution is -2.37. The first kappa shape index (κ1) is 17.6. The summed E-state index contributed by atoms with van der Waals surface area (Å²) >= 11 is 1.43. The van der Waals surface area contributed by atoms with Crippen LogP contribution in [0.3, 0.4) is 0 Å². The van der Waals surface area contributed by atoms with Crippen LogP contribution in [0, 0.1) is 18.7 Å². The molecule has 0 spiro atoms. The van der Waals surface area contributed by atoms with Crippen molar-refractivity contribution in [2.24, 2.45) is 5.92 Å². The van der Waals surface area contributed by atoms with E-state index in [0.29, 0.717) is 29.9 Å². The molecular formula is C21H21FN4OS. The number of piperidine rings is 1. The van der Waals surface area contributed by atoms with Crippen molar-refractivity contribution in [2.75, 3.05) is 11.9 Å². The fourth-order valence-electron chi connectivity index (χ4n) is 4.53. The molecule has 1 amide bonds. The first-order valence-electron chi connectivity index (χ1n) is 9.64. The quantitative estimate of drug-likeness (QED) is 0.711. The Labute approximate surface area is 166 Å². The number of carbonyl (C=O) groups excluding carboxylic acids is 1. The number of fused-ring (bicyclic) bond motifs is 3. The van der Waals surface area contributed by atoms with E-state index in [2.05, 4.69) is 15.3 Å². The van der Waals surface area contributed by atoms with Gasteiger partial charge in [0, 0.05) is 24.7 Å². The molecule has 2 bridgehead atoms. The van der Waals surface area contributed by atoms with Gasteiger partial charge in [0.2, 0.25) is 0 Å². The van der Waals surface area contributed by atoms with Crippen molar-refractivity contribution in [3.8, 4) is 0 Å². The zero-order chi connectivity index (χ0) is 19.3. The first-order chi connectivity index (χ1) is 13.6. The molecule has 144 valence electrons. The number of halogens is 1. The van der Waals surface area contributed by atoms with E-state index in [1.807, 2.05) is 17.9 Å².